The molecule has 1 fully saturated rings. The predicted octanol–water partition coefficient (Wildman–Crippen LogP) is 3.62. The molecule has 0 unspecified atom stereocenters. The van der Waals surface area contributed by atoms with E-state index in [0.29, 0.717) is 5.91 Å². The lowest BCUT2D eigenvalue weighted by Crippen LogP contribution is -2.34. The van der Waals surface area contributed by atoms with E-state index in [9.17, 15) is 4.79 Å². The average molecular weight is 305 g/mol. The van der Waals surface area contributed by atoms with Crippen LogP contribution in [-0.2, 0) is 4.79 Å². The standard InChI is InChI=1S/C16H32N2O.ClH/c1-3-5-13-18(14-6-4-2)16(19)8-7-15-9-11-17-12-10-15;/h15,17H,3-14H2,1-2H3;1H. The normalized spacial score (nSPS) is 15.7. The van der Waals surface area contributed by atoms with Gasteiger partial charge in [0.25, 0.3) is 0 Å². The second-order valence-electron chi connectivity index (χ2n) is 5.82. The molecule has 3 nitrogen and oxygen atoms in total. The molecule has 120 valence electrons. The highest BCUT2D eigenvalue weighted by Crippen LogP contribution is 2.18. The fourth-order valence-electron chi connectivity index (χ4n) is 2.72. The Kier molecular flexibility index (Phi) is 12.3. The van der Waals surface area contributed by atoms with Crippen molar-refractivity contribution in [2.75, 3.05) is 26.2 Å². The van der Waals surface area contributed by atoms with Gasteiger partial charge in [-0.25, -0.2) is 0 Å². The van der Waals surface area contributed by atoms with Crippen molar-refractivity contribution in [1.82, 2.24) is 10.2 Å². The van der Waals surface area contributed by atoms with Gasteiger partial charge in [0.05, 0.1) is 0 Å². The molecule has 0 aliphatic carbocycles. The number of nitrogens with one attached hydrogen (secondary N) is 1. The van der Waals surface area contributed by atoms with Crippen LogP contribution in [0.1, 0.15) is 65.2 Å². The predicted molar refractivity (Wildman–Crippen MR) is 88.5 cm³/mol. The maximum atomic E-state index is 12.3. The molecule has 0 spiro atoms. The Morgan fingerprint density at radius 1 is 1.10 bits per heavy atom. The molecule has 1 aliphatic rings. The number of rotatable bonds is 9. The minimum absolute atomic E-state index is 0. The van der Waals surface area contributed by atoms with Crippen LogP contribution < -0.4 is 5.32 Å². The lowest BCUT2D eigenvalue weighted by Gasteiger charge is -2.25. The van der Waals surface area contributed by atoms with Crippen LogP contribution in [0.25, 0.3) is 0 Å². The van der Waals surface area contributed by atoms with Crippen molar-refractivity contribution in [1.29, 1.82) is 0 Å². The second kappa shape index (κ2) is 12.5. The number of carbonyl (C=O) groups excluding carboxylic acids is 1. The molecule has 1 saturated heterocycles. The minimum Gasteiger partial charge on any atom is -0.343 e. The van der Waals surface area contributed by atoms with Gasteiger partial charge >= 0.3 is 0 Å². The van der Waals surface area contributed by atoms with Crippen molar-refractivity contribution < 1.29 is 4.79 Å². The first-order valence-electron chi connectivity index (χ1n) is 8.26. The third-order valence-corrected chi connectivity index (χ3v) is 4.14. The van der Waals surface area contributed by atoms with Crippen LogP contribution >= 0.6 is 12.4 Å². The molecule has 4 heteroatoms. The third kappa shape index (κ3) is 8.11. The van der Waals surface area contributed by atoms with Crippen molar-refractivity contribution in [2.24, 2.45) is 5.92 Å². The number of hydrogen-bond donors (Lipinski definition) is 1. The van der Waals surface area contributed by atoms with Crippen LogP contribution in [0.4, 0.5) is 0 Å². The number of halogens is 1. The van der Waals surface area contributed by atoms with E-state index in [1.807, 2.05) is 0 Å². The maximum Gasteiger partial charge on any atom is 0.222 e. The van der Waals surface area contributed by atoms with Crippen LogP contribution in [0.15, 0.2) is 0 Å². The summed E-state index contributed by atoms with van der Waals surface area (Å²) in [7, 11) is 0. The number of amides is 1. The summed E-state index contributed by atoms with van der Waals surface area (Å²) in [6, 6.07) is 0. The van der Waals surface area contributed by atoms with Gasteiger partial charge in [-0.2, -0.15) is 0 Å². The third-order valence-electron chi connectivity index (χ3n) is 4.14. The van der Waals surface area contributed by atoms with E-state index in [0.717, 1.165) is 57.8 Å². The van der Waals surface area contributed by atoms with Gasteiger partial charge in [-0.3, -0.25) is 4.79 Å². The summed E-state index contributed by atoms with van der Waals surface area (Å²) < 4.78 is 0. The molecule has 0 atom stereocenters. The number of carbonyl (C=O) groups is 1. The lowest BCUT2D eigenvalue weighted by molar-refractivity contribution is -0.131. The van der Waals surface area contributed by atoms with Crippen LogP contribution in [0.5, 0.6) is 0 Å². The Labute approximate surface area is 131 Å². The molecule has 0 saturated carbocycles. The van der Waals surface area contributed by atoms with Gasteiger partial charge in [-0.15, -0.1) is 12.4 Å². The maximum absolute atomic E-state index is 12.3. The molecule has 1 amide bonds. The summed E-state index contributed by atoms with van der Waals surface area (Å²) in [6.07, 6.45) is 8.97. The van der Waals surface area contributed by atoms with Crippen LogP contribution in [-0.4, -0.2) is 37.0 Å². The van der Waals surface area contributed by atoms with Gasteiger partial charge in [0, 0.05) is 19.5 Å². The van der Waals surface area contributed by atoms with Crippen LogP contribution in [0.3, 0.4) is 0 Å². The molecule has 1 aliphatic heterocycles. The highest BCUT2D eigenvalue weighted by molar-refractivity contribution is 5.85. The molecule has 0 aromatic heterocycles. The van der Waals surface area contributed by atoms with E-state index in [4.69, 9.17) is 0 Å². The van der Waals surface area contributed by atoms with Crippen molar-refractivity contribution in [2.45, 2.75) is 65.2 Å². The van der Waals surface area contributed by atoms with E-state index < -0.39 is 0 Å². The molecule has 0 bridgehead atoms. The zero-order valence-electron chi connectivity index (χ0n) is 13.3. The fourth-order valence-corrected chi connectivity index (χ4v) is 2.72. The molecule has 1 N–H and O–H groups in total. The summed E-state index contributed by atoms with van der Waals surface area (Å²) in [6.45, 7) is 8.57. The smallest absolute Gasteiger partial charge is 0.222 e. The second-order valence-corrected chi connectivity index (χ2v) is 5.82. The molecule has 20 heavy (non-hydrogen) atoms. The summed E-state index contributed by atoms with van der Waals surface area (Å²) in [4.78, 5) is 14.4. The van der Waals surface area contributed by atoms with Crippen LogP contribution in [0.2, 0.25) is 0 Å². The van der Waals surface area contributed by atoms with E-state index in [1.165, 1.54) is 25.7 Å². The Bertz CT molecular complexity index is 235. The highest BCUT2D eigenvalue weighted by atomic mass is 35.5. The summed E-state index contributed by atoms with van der Waals surface area (Å²) in [5, 5.41) is 3.39. The summed E-state index contributed by atoms with van der Waals surface area (Å²) in [5.41, 5.74) is 0. The summed E-state index contributed by atoms with van der Waals surface area (Å²) in [5.74, 6) is 1.16. The Morgan fingerprint density at radius 3 is 2.15 bits per heavy atom. The van der Waals surface area contributed by atoms with Crippen molar-refractivity contribution >= 4 is 18.3 Å². The van der Waals surface area contributed by atoms with Crippen molar-refractivity contribution in [3.05, 3.63) is 0 Å². The highest BCUT2D eigenvalue weighted by Gasteiger charge is 2.17. The van der Waals surface area contributed by atoms with Crippen molar-refractivity contribution in [3.63, 3.8) is 0 Å². The number of piperidine rings is 1. The zero-order valence-corrected chi connectivity index (χ0v) is 14.1. The van der Waals surface area contributed by atoms with Gasteiger partial charge < -0.3 is 10.2 Å². The molecule has 0 aromatic carbocycles. The van der Waals surface area contributed by atoms with E-state index in [1.54, 1.807) is 0 Å². The lowest BCUT2D eigenvalue weighted by atomic mass is 9.93. The van der Waals surface area contributed by atoms with Gasteiger partial charge in [0.15, 0.2) is 0 Å². The molecular weight excluding hydrogens is 272 g/mol. The number of nitrogens with zero attached hydrogens (tertiary/aromatic N) is 1. The van der Waals surface area contributed by atoms with Crippen LogP contribution in [0, 0.1) is 5.92 Å². The number of hydrogen-bond acceptors (Lipinski definition) is 2. The average Bonchev–Trinajstić information content (AvgIpc) is 2.46. The SMILES string of the molecule is CCCCN(CCCC)C(=O)CCC1CCNCC1.Cl. The van der Waals surface area contributed by atoms with E-state index >= 15 is 0 Å². The molecule has 0 radical (unpaired) electrons. The number of unbranched alkanes of at least 4 members (excludes halogenated alkanes) is 2. The first-order valence-corrected chi connectivity index (χ1v) is 8.26. The monoisotopic (exact) mass is 304 g/mol. The Morgan fingerprint density at radius 2 is 1.65 bits per heavy atom. The molecule has 1 heterocycles. The summed E-state index contributed by atoms with van der Waals surface area (Å²) >= 11 is 0. The van der Waals surface area contributed by atoms with E-state index in [2.05, 4.69) is 24.1 Å². The molecule has 1 rings (SSSR count). The van der Waals surface area contributed by atoms with Gasteiger partial charge in [0.1, 0.15) is 0 Å². The Balaban J connectivity index is 0.00000361. The Hall–Kier alpha value is -0.280. The quantitative estimate of drug-likeness (QED) is 0.705. The first-order chi connectivity index (χ1) is 9.27. The van der Waals surface area contributed by atoms with Gasteiger partial charge in [0.2, 0.25) is 5.91 Å². The first kappa shape index (κ1) is 19.7. The molecular formula is C16H33ClN2O. The molecule has 0 aromatic rings. The minimum atomic E-state index is 0. The van der Waals surface area contributed by atoms with Gasteiger partial charge in [-0.05, 0) is 51.1 Å². The van der Waals surface area contributed by atoms with Crippen molar-refractivity contribution in [3.8, 4) is 0 Å². The zero-order chi connectivity index (χ0) is 13.9. The topological polar surface area (TPSA) is 32.3 Å². The largest absolute Gasteiger partial charge is 0.343 e. The van der Waals surface area contributed by atoms with Gasteiger partial charge in [-0.1, -0.05) is 26.7 Å². The van der Waals surface area contributed by atoms with E-state index in [-0.39, 0.29) is 12.4 Å². The fraction of sp³-hybridized carbons (Fsp3) is 0.938.